The van der Waals surface area contributed by atoms with E-state index >= 15 is 0 Å². The number of nitrogens with zero attached hydrogens (tertiary/aromatic N) is 1. The number of hydrogen-bond acceptors (Lipinski definition) is 5. The minimum absolute atomic E-state index is 0.00986. The Morgan fingerprint density at radius 1 is 1.24 bits per heavy atom. The number of halogens is 1. The third kappa shape index (κ3) is 2.40. The van der Waals surface area contributed by atoms with Gasteiger partial charge in [-0.3, -0.25) is 4.79 Å². The highest BCUT2D eigenvalue weighted by molar-refractivity contribution is 5.87. The van der Waals surface area contributed by atoms with Crippen LogP contribution in [0.15, 0.2) is 11.8 Å². The summed E-state index contributed by atoms with van der Waals surface area (Å²) in [6.07, 6.45) is 3.82. The van der Waals surface area contributed by atoms with Gasteiger partial charge in [-0.2, -0.15) is 0 Å². The first kappa shape index (κ1) is 18.3. The van der Waals surface area contributed by atoms with E-state index in [0.717, 1.165) is 25.0 Å². The molecule has 6 nitrogen and oxygen atoms in total. The molecule has 6 rings (SSSR count). The van der Waals surface area contributed by atoms with Crippen LogP contribution in [0, 0.1) is 41.4 Å². The van der Waals surface area contributed by atoms with E-state index in [1.807, 2.05) is 11.0 Å². The molecule has 158 valence electrons. The van der Waals surface area contributed by atoms with E-state index in [2.05, 4.69) is 12.2 Å². The largest absolute Gasteiger partial charge is 0.463 e. The second kappa shape index (κ2) is 6.27. The Bertz CT molecular complexity index is 787. The number of cyclic esters (lactones) is 1. The van der Waals surface area contributed by atoms with E-state index < -0.39 is 30.1 Å². The van der Waals surface area contributed by atoms with Crippen molar-refractivity contribution in [3.63, 3.8) is 0 Å². The van der Waals surface area contributed by atoms with Crippen molar-refractivity contribution in [1.29, 1.82) is 0 Å². The van der Waals surface area contributed by atoms with Crippen molar-refractivity contribution in [2.24, 2.45) is 41.4 Å². The summed E-state index contributed by atoms with van der Waals surface area (Å²) in [5.41, 5.74) is 0.893. The van der Waals surface area contributed by atoms with Crippen molar-refractivity contribution in [2.45, 2.75) is 57.0 Å². The zero-order valence-corrected chi connectivity index (χ0v) is 16.7. The van der Waals surface area contributed by atoms with Crippen molar-refractivity contribution < 1.29 is 23.8 Å². The highest BCUT2D eigenvalue weighted by atomic mass is 19.1. The number of hydrogen-bond donors (Lipinski definition) is 2. The fraction of sp³-hybridized carbons (Fsp3) is 0.818. The number of rotatable bonds is 0. The number of aliphatic hydroxyl groups is 1. The lowest BCUT2D eigenvalue weighted by atomic mass is 9.54. The molecule has 0 aromatic rings. The fourth-order valence-electron chi connectivity index (χ4n) is 7.69. The predicted octanol–water partition coefficient (Wildman–Crippen LogP) is 1.24. The Morgan fingerprint density at radius 2 is 2.03 bits per heavy atom. The average Bonchev–Trinajstić information content (AvgIpc) is 3.08. The van der Waals surface area contributed by atoms with Crippen LogP contribution in [-0.2, 0) is 14.3 Å². The molecule has 0 aromatic carbocycles. The highest BCUT2D eigenvalue weighted by Crippen LogP contribution is 2.55. The van der Waals surface area contributed by atoms with Gasteiger partial charge in [0.15, 0.2) is 6.10 Å². The number of ether oxygens (including phenoxy) is 1. The molecule has 2 aliphatic carbocycles. The molecule has 2 saturated carbocycles. The van der Waals surface area contributed by atoms with Crippen LogP contribution in [0.1, 0.15) is 32.6 Å². The first-order chi connectivity index (χ1) is 14.0. The van der Waals surface area contributed by atoms with E-state index in [-0.39, 0.29) is 30.5 Å². The highest BCUT2D eigenvalue weighted by Gasteiger charge is 2.59. The van der Waals surface area contributed by atoms with Crippen molar-refractivity contribution in [3.05, 3.63) is 11.8 Å². The summed E-state index contributed by atoms with van der Waals surface area (Å²) in [7, 11) is 0. The Labute approximate surface area is 169 Å². The Kier molecular flexibility index (Phi) is 3.96. The molecule has 29 heavy (non-hydrogen) atoms. The van der Waals surface area contributed by atoms with Crippen LogP contribution in [0.2, 0.25) is 0 Å². The van der Waals surface area contributed by atoms with Gasteiger partial charge in [0, 0.05) is 30.1 Å². The van der Waals surface area contributed by atoms with Gasteiger partial charge in [-0.25, -0.2) is 9.18 Å². The minimum atomic E-state index is -1.28. The van der Waals surface area contributed by atoms with Gasteiger partial charge < -0.3 is 20.1 Å². The summed E-state index contributed by atoms with van der Waals surface area (Å²) >= 11 is 0. The Morgan fingerprint density at radius 3 is 2.86 bits per heavy atom. The maximum Gasteiger partial charge on any atom is 0.335 e. The molecule has 0 radical (unpaired) electrons. The number of carbonyl (C=O) groups excluding carboxylic acids is 2. The molecule has 3 saturated heterocycles. The monoisotopic (exact) mass is 404 g/mol. The number of piperidine rings is 1. The van der Waals surface area contributed by atoms with Gasteiger partial charge in [-0.05, 0) is 42.9 Å². The maximum atomic E-state index is 14.8. The van der Waals surface area contributed by atoms with Crippen LogP contribution < -0.4 is 5.32 Å². The summed E-state index contributed by atoms with van der Waals surface area (Å²) in [6, 6.07) is 0.156. The molecule has 2 N–H and O–H groups in total. The van der Waals surface area contributed by atoms with E-state index in [1.165, 1.54) is 0 Å². The van der Waals surface area contributed by atoms with Gasteiger partial charge in [0.05, 0.1) is 12.0 Å². The van der Waals surface area contributed by atoms with E-state index in [1.54, 1.807) is 0 Å². The van der Waals surface area contributed by atoms with Gasteiger partial charge in [-0.1, -0.05) is 19.4 Å². The third-order valence-electron chi connectivity index (χ3n) is 9.07. The minimum Gasteiger partial charge on any atom is -0.463 e. The molecule has 0 spiro atoms. The van der Waals surface area contributed by atoms with Crippen LogP contribution in [0.4, 0.5) is 4.39 Å². The van der Waals surface area contributed by atoms with Crippen molar-refractivity contribution in [1.82, 2.24) is 10.2 Å². The molecule has 11 atom stereocenters. The SMILES string of the molecule is CC1C(F)CC2NC3C4=CC5C(COC(=O)[C@H]5O)C(=O)N4CC3C3CCCC1C23. The van der Waals surface area contributed by atoms with Crippen molar-refractivity contribution in [2.75, 3.05) is 13.2 Å². The predicted molar refractivity (Wildman–Crippen MR) is 101 cm³/mol. The molecular formula is C22H29FN2O4. The number of amides is 1. The van der Waals surface area contributed by atoms with Gasteiger partial charge in [0.2, 0.25) is 5.91 Å². The van der Waals surface area contributed by atoms with Gasteiger partial charge >= 0.3 is 5.97 Å². The fourth-order valence-corrected chi connectivity index (χ4v) is 7.69. The lowest BCUT2D eigenvalue weighted by Gasteiger charge is -2.56. The Balaban J connectivity index is 1.37. The normalized spacial score (nSPS) is 53.3. The van der Waals surface area contributed by atoms with Crippen LogP contribution in [0.5, 0.6) is 0 Å². The van der Waals surface area contributed by atoms with E-state index in [4.69, 9.17) is 4.74 Å². The molecule has 10 unspecified atom stereocenters. The number of nitrogens with one attached hydrogen (secondary N) is 1. The molecule has 0 bridgehead atoms. The molecule has 0 aromatic heterocycles. The molecular weight excluding hydrogens is 375 g/mol. The topological polar surface area (TPSA) is 78.9 Å². The lowest BCUT2D eigenvalue weighted by molar-refractivity contribution is -0.172. The molecule has 5 fully saturated rings. The number of esters is 1. The van der Waals surface area contributed by atoms with Crippen molar-refractivity contribution >= 4 is 11.9 Å². The zero-order valence-electron chi connectivity index (χ0n) is 16.7. The third-order valence-corrected chi connectivity index (χ3v) is 9.07. The molecule has 7 heteroatoms. The summed E-state index contributed by atoms with van der Waals surface area (Å²) in [4.78, 5) is 26.9. The van der Waals surface area contributed by atoms with Gasteiger partial charge in [0.1, 0.15) is 12.8 Å². The summed E-state index contributed by atoms with van der Waals surface area (Å²) < 4.78 is 19.8. The summed E-state index contributed by atoms with van der Waals surface area (Å²) in [6.45, 7) is 2.80. The Hall–Kier alpha value is -1.47. The second-order valence-electron chi connectivity index (χ2n) is 10.2. The molecule has 1 amide bonds. The average molecular weight is 404 g/mol. The number of fused-ring (bicyclic) bond motifs is 5. The maximum absolute atomic E-state index is 14.8. The number of aliphatic hydroxyl groups excluding tert-OH is 1. The smallest absolute Gasteiger partial charge is 0.335 e. The molecule has 6 aliphatic rings. The first-order valence-corrected chi connectivity index (χ1v) is 11.2. The first-order valence-electron chi connectivity index (χ1n) is 11.2. The van der Waals surface area contributed by atoms with E-state index in [0.29, 0.717) is 36.6 Å². The summed E-state index contributed by atoms with van der Waals surface area (Å²) in [5, 5.41) is 14.1. The second-order valence-corrected chi connectivity index (χ2v) is 10.2. The quantitative estimate of drug-likeness (QED) is 0.594. The van der Waals surface area contributed by atoms with Crippen LogP contribution in [0.3, 0.4) is 0 Å². The summed E-state index contributed by atoms with van der Waals surface area (Å²) in [5.74, 6) is 0.153. The van der Waals surface area contributed by atoms with E-state index in [9.17, 15) is 19.1 Å². The van der Waals surface area contributed by atoms with Gasteiger partial charge in [-0.15, -0.1) is 0 Å². The van der Waals surface area contributed by atoms with Crippen LogP contribution in [0.25, 0.3) is 0 Å². The number of carbonyl (C=O) groups is 2. The van der Waals surface area contributed by atoms with Crippen molar-refractivity contribution in [3.8, 4) is 0 Å². The van der Waals surface area contributed by atoms with Crippen LogP contribution in [-0.4, -0.2) is 59.4 Å². The molecule has 4 heterocycles. The standard InChI is InChI=1S/C22H29FN2O4/c1-9-10-3-2-4-11-13-7-25-17(19(13)24-16(18(10)11)6-15(9)23)5-12-14(21(25)27)8-29-22(28)20(12)26/h5,9-16,18-20,24,26H,2-4,6-8H2,1H3/t9?,10?,11?,12?,13?,14?,15?,16?,18?,19?,20-/m0/s1. The number of alkyl halides is 1. The zero-order chi connectivity index (χ0) is 20.0. The van der Waals surface area contributed by atoms with Crippen LogP contribution >= 0.6 is 0 Å². The molecule has 4 aliphatic heterocycles. The lowest BCUT2D eigenvalue weighted by Crippen LogP contribution is -2.63. The van der Waals surface area contributed by atoms with Gasteiger partial charge in [0.25, 0.3) is 0 Å².